The first-order valence-corrected chi connectivity index (χ1v) is 10.3. The van der Waals surface area contributed by atoms with Gasteiger partial charge in [-0.2, -0.15) is 5.26 Å². The van der Waals surface area contributed by atoms with E-state index in [4.69, 9.17) is 5.26 Å². The predicted molar refractivity (Wildman–Crippen MR) is 114 cm³/mol. The number of carbonyl (C=O) groups is 1. The lowest BCUT2D eigenvalue weighted by molar-refractivity contribution is -0.126. The lowest BCUT2D eigenvalue weighted by Crippen LogP contribution is -2.43. The average Bonchev–Trinajstić information content (AvgIpc) is 2.79. The number of nitrogens with zero attached hydrogens (tertiary/aromatic N) is 2. The number of halogens is 2. The summed E-state index contributed by atoms with van der Waals surface area (Å²) in [5, 5.41) is 8.98. The molecule has 0 aliphatic carbocycles. The van der Waals surface area contributed by atoms with E-state index < -0.39 is 0 Å². The van der Waals surface area contributed by atoms with Crippen LogP contribution in [0.15, 0.2) is 72.8 Å². The first kappa shape index (κ1) is 20.9. The van der Waals surface area contributed by atoms with Crippen molar-refractivity contribution in [1.82, 2.24) is 4.90 Å². The van der Waals surface area contributed by atoms with Gasteiger partial charge in [0.05, 0.1) is 11.6 Å². The summed E-state index contributed by atoms with van der Waals surface area (Å²) in [6.45, 7) is 1.89. The number of piperidine rings is 1. The quantitative estimate of drug-likeness (QED) is 0.584. The van der Waals surface area contributed by atoms with E-state index in [-0.39, 0.29) is 29.3 Å². The van der Waals surface area contributed by atoms with Crippen LogP contribution in [0.5, 0.6) is 0 Å². The van der Waals surface area contributed by atoms with Crippen molar-refractivity contribution in [2.75, 3.05) is 13.1 Å². The van der Waals surface area contributed by atoms with Crippen LogP contribution in [-0.4, -0.2) is 23.8 Å². The molecular formula is C26H22F2N2O. The highest BCUT2D eigenvalue weighted by Gasteiger charge is 2.35. The monoisotopic (exact) mass is 416 g/mol. The van der Waals surface area contributed by atoms with Gasteiger partial charge >= 0.3 is 0 Å². The van der Waals surface area contributed by atoms with Crippen molar-refractivity contribution >= 4 is 5.78 Å². The van der Waals surface area contributed by atoms with Crippen LogP contribution in [-0.2, 0) is 11.3 Å². The normalized spacial score (nSPS) is 17.0. The minimum absolute atomic E-state index is 0.162. The Morgan fingerprint density at radius 2 is 1.45 bits per heavy atom. The maximum absolute atomic E-state index is 13.5. The number of likely N-dealkylation sites (tertiary alicyclic amines) is 1. The summed E-state index contributed by atoms with van der Waals surface area (Å²) in [5.74, 6) is -1.10. The van der Waals surface area contributed by atoms with Crippen LogP contribution in [0.25, 0.3) is 0 Å². The van der Waals surface area contributed by atoms with Crippen LogP contribution in [0, 0.1) is 28.9 Å². The Balaban J connectivity index is 1.62. The molecule has 0 saturated carbocycles. The SMILES string of the molecule is N#Cc1ccc(CN2CCC(=O)C(C(c3ccc(F)cc3)c3ccc(F)cc3)C2)cc1. The van der Waals surface area contributed by atoms with Gasteiger partial charge in [0.2, 0.25) is 0 Å². The lowest BCUT2D eigenvalue weighted by atomic mass is 9.76. The fourth-order valence-corrected chi connectivity index (χ4v) is 4.30. The number of ketones is 1. The number of rotatable bonds is 5. The number of carbonyl (C=O) groups excluding carboxylic acids is 1. The summed E-state index contributed by atoms with van der Waals surface area (Å²) in [5.41, 5.74) is 3.37. The van der Waals surface area contributed by atoms with Crippen LogP contribution < -0.4 is 0 Å². The van der Waals surface area contributed by atoms with Gasteiger partial charge in [0, 0.05) is 37.9 Å². The van der Waals surface area contributed by atoms with Crippen LogP contribution >= 0.6 is 0 Å². The second kappa shape index (κ2) is 9.20. The van der Waals surface area contributed by atoms with E-state index in [0.717, 1.165) is 16.7 Å². The van der Waals surface area contributed by atoms with Crippen LogP contribution in [0.3, 0.4) is 0 Å². The third-order valence-electron chi connectivity index (χ3n) is 5.89. The smallest absolute Gasteiger partial charge is 0.139 e. The second-order valence-corrected chi connectivity index (χ2v) is 7.95. The zero-order chi connectivity index (χ0) is 21.8. The van der Waals surface area contributed by atoms with Crippen molar-refractivity contribution in [3.8, 4) is 6.07 Å². The summed E-state index contributed by atoms with van der Waals surface area (Å²) >= 11 is 0. The van der Waals surface area contributed by atoms with Crippen molar-refractivity contribution in [3.63, 3.8) is 0 Å². The number of hydrogen-bond acceptors (Lipinski definition) is 3. The standard InChI is InChI=1S/C26H22F2N2O/c27-22-9-5-20(6-10-22)26(21-7-11-23(28)12-8-21)24-17-30(14-13-25(24)31)16-19-3-1-18(15-29)2-4-19/h1-12,24,26H,13-14,16-17H2. The Bertz CT molecular complexity index is 1040. The van der Waals surface area contributed by atoms with Crippen LogP contribution in [0.2, 0.25) is 0 Å². The van der Waals surface area contributed by atoms with Gasteiger partial charge in [0.15, 0.2) is 0 Å². The number of nitriles is 1. The molecule has 4 rings (SSSR count). The first-order valence-electron chi connectivity index (χ1n) is 10.3. The van der Waals surface area contributed by atoms with E-state index in [9.17, 15) is 13.6 Å². The zero-order valence-corrected chi connectivity index (χ0v) is 17.0. The third-order valence-corrected chi connectivity index (χ3v) is 5.89. The first-order chi connectivity index (χ1) is 15.0. The maximum atomic E-state index is 13.5. The van der Waals surface area contributed by atoms with Crippen molar-refractivity contribution in [2.24, 2.45) is 5.92 Å². The number of Topliss-reactive ketones (excluding diaryl/α,β-unsaturated/α-hetero) is 1. The Morgan fingerprint density at radius 1 is 0.903 bits per heavy atom. The summed E-state index contributed by atoms with van der Waals surface area (Å²) in [6.07, 6.45) is 0.430. The molecule has 0 amide bonds. The Hall–Kier alpha value is -3.36. The van der Waals surface area contributed by atoms with Gasteiger partial charge in [-0.3, -0.25) is 9.69 Å². The largest absolute Gasteiger partial charge is 0.299 e. The Labute approximate surface area is 180 Å². The van der Waals surface area contributed by atoms with Crippen LogP contribution in [0.4, 0.5) is 8.78 Å². The van der Waals surface area contributed by atoms with Crippen LogP contribution in [0.1, 0.15) is 34.6 Å². The molecule has 3 aromatic rings. The van der Waals surface area contributed by atoms with E-state index in [1.54, 1.807) is 36.4 Å². The van der Waals surface area contributed by atoms with Crippen molar-refractivity contribution < 1.29 is 13.6 Å². The molecule has 1 aliphatic heterocycles. The molecule has 1 aliphatic rings. The van der Waals surface area contributed by atoms with Gasteiger partial charge < -0.3 is 0 Å². The molecule has 1 heterocycles. The van der Waals surface area contributed by atoms with E-state index in [1.165, 1.54) is 24.3 Å². The topological polar surface area (TPSA) is 44.1 Å². The molecule has 3 aromatic carbocycles. The molecule has 1 fully saturated rings. The molecule has 156 valence electrons. The van der Waals surface area contributed by atoms with Gasteiger partial charge in [-0.15, -0.1) is 0 Å². The minimum atomic E-state index is -0.334. The molecule has 0 aromatic heterocycles. The molecule has 3 nitrogen and oxygen atoms in total. The maximum Gasteiger partial charge on any atom is 0.139 e. The Morgan fingerprint density at radius 3 is 1.97 bits per heavy atom. The average molecular weight is 416 g/mol. The highest BCUT2D eigenvalue weighted by atomic mass is 19.1. The van der Waals surface area contributed by atoms with Gasteiger partial charge in [-0.1, -0.05) is 36.4 Å². The molecule has 1 atom stereocenters. The molecule has 1 saturated heterocycles. The van der Waals surface area contributed by atoms with E-state index in [1.807, 2.05) is 12.1 Å². The third kappa shape index (κ3) is 4.87. The molecule has 0 bridgehead atoms. The van der Waals surface area contributed by atoms with Gasteiger partial charge in [0.1, 0.15) is 17.4 Å². The fourth-order valence-electron chi connectivity index (χ4n) is 4.30. The van der Waals surface area contributed by atoms with Crippen molar-refractivity contribution in [3.05, 3.63) is 107 Å². The Kier molecular flexibility index (Phi) is 6.20. The summed E-state index contributed by atoms with van der Waals surface area (Å²) in [4.78, 5) is 15.2. The minimum Gasteiger partial charge on any atom is -0.299 e. The fraction of sp³-hybridized carbons (Fsp3) is 0.231. The number of benzene rings is 3. The molecule has 5 heteroatoms. The molecule has 0 N–H and O–H groups in total. The van der Waals surface area contributed by atoms with Crippen molar-refractivity contribution in [2.45, 2.75) is 18.9 Å². The van der Waals surface area contributed by atoms with E-state index in [0.29, 0.717) is 31.6 Å². The highest BCUT2D eigenvalue weighted by molar-refractivity contribution is 5.83. The van der Waals surface area contributed by atoms with Crippen molar-refractivity contribution in [1.29, 1.82) is 5.26 Å². The lowest BCUT2D eigenvalue weighted by Gasteiger charge is -2.36. The molecule has 0 radical (unpaired) electrons. The summed E-state index contributed by atoms with van der Waals surface area (Å²) in [6, 6.07) is 22.0. The van der Waals surface area contributed by atoms with Gasteiger partial charge in [-0.25, -0.2) is 8.78 Å². The number of hydrogen-bond donors (Lipinski definition) is 0. The summed E-state index contributed by atoms with van der Waals surface area (Å²) < 4.78 is 27.1. The zero-order valence-electron chi connectivity index (χ0n) is 17.0. The molecule has 0 spiro atoms. The highest BCUT2D eigenvalue weighted by Crippen LogP contribution is 2.36. The predicted octanol–water partition coefficient (Wildman–Crippen LogP) is 5.06. The van der Waals surface area contributed by atoms with E-state index >= 15 is 0 Å². The van der Waals surface area contributed by atoms with Gasteiger partial charge in [-0.05, 0) is 53.1 Å². The molecule has 31 heavy (non-hydrogen) atoms. The molecular weight excluding hydrogens is 394 g/mol. The summed E-state index contributed by atoms with van der Waals surface area (Å²) in [7, 11) is 0. The van der Waals surface area contributed by atoms with E-state index in [2.05, 4.69) is 11.0 Å². The second-order valence-electron chi connectivity index (χ2n) is 7.95. The van der Waals surface area contributed by atoms with Gasteiger partial charge in [0.25, 0.3) is 0 Å². The molecule has 1 unspecified atom stereocenters.